The number of rotatable bonds is 7. The van der Waals surface area contributed by atoms with Gasteiger partial charge in [-0.15, -0.1) is 0 Å². The second-order valence-corrected chi connectivity index (χ2v) is 9.55. The number of anilines is 3. The van der Waals surface area contributed by atoms with E-state index >= 15 is 0 Å². The molecular formula is C24H27N3O2S2. The highest BCUT2D eigenvalue weighted by molar-refractivity contribution is 7.92. The van der Waals surface area contributed by atoms with E-state index in [1.165, 1.54) is 5.56 Å². The van der Waals surface area contributed by atoms with E-state index in [4.69, 9.17) is 12.2 Å². The first-order chi connectivity index (χ1) is 14.8. The van der Waals surface area contributed by atoms with Gasteiger partial charge in [-0.3, -0.25) is 4.72 Å². The Morgan fingerprint density at radius 3 is 2.00 bits per heavy atom. The van der Waals surface area contributed by atoms with Crippen LogP contribution in [0.4, 0.5) is 17.1 Å². The van der Waals surface area contributed by atoms with E-state index in [0.717, 1.165) is 17.7 Å². The first-order valence-electron chi connectivity index (χ1n) is 10.1. The normalized spacial score (nSPS) is 12.1. The minimum absolute atomic E-state index is 0.181. The van der Waals surface area contributed by atoms with Gasteiger partial charge in [0.05, 0.1) is 10.6 Å². The smallest absolute Gasteiger partial charge is 0.261 e. The Morgan fingerprint density at radius 1 is 0.903 bits per heavy atom. The summed E-state index contributed by atoms with van der Waals surface area (Å²) in [4.78, 5) is 0.181. The highest BCUT2D eigenvalue weighted by Gasteiger charge is 2.15. The molecule has 0 radical (unpaired) electrons. The van der Waals surface area contributed by atoms with Crippen molar-refractivity contribution < 1.29 is 8.42 Å². The van der Waals surface area contributed by atoms with Gasteiger partial charge in [0.1, 0.15) is 0 Å². The van der Waals surface area contributed by atoms with Crippen molar-refractivity contribution in [3.8, 4) is 0 Å². The van der Waals surface area contributed by atoms with Crippen molar-refractivity contribution in [2.24, 2.45) is 0 Å². The second-order valence-electron chi connectivity index (χ2n) is 7.46. The van der Waals surface area contributed by atoms with Gasteiger partial charge in [0.2, 0.25) is 0 Å². The van der Waals surface area contributed by atoms with Crippen LogP contribution >= 0.6 is 12.2 Å². The van der Waals surface area contributed by atoms with Crippen LogP contribution in [-0.2, 0) is 10.0 Å². The van der Waals surface area contributed by atoms with E-state index in [1.807, 2.05) is 31.2 Å². The average molecular weight is 454 g/mol. The van der Waals surface area contributed by atoms with E-state index < -0.39 is 10.0 Å². The number of nitrogens with one attached hydrogen (secondary N) is 3. The summed E-state index contributed by atoms with van der Waals surface area (Å²) in [6.07, 6.45) is 1.10. The zero-order valence-electron chi connectivity index (χ0n) is 17.8. The molecule has 0 aliphatic heterocycles. The van der Waals surface area contributed by atoms with Crippen LogP contribution < -0.4 is 15.4 Å². The predicted octanol–water partition coefficient (Wildman–Crippen LogP) is 6.12. The lowest BCUT2D eigenvalue weighted by atomic mass is 9.99. The zero-order chi connectivity index (χ0) is 22.4. The fourth-order valence-corrected chi connectivity index (χ4v) is 4.40. The molecule has 3 N–H and O–H groups in total. The third-order valence-electron chi connectivity index (χ3n) is 5.16. The molecule has 0 saturated heterocycles. The van der Waals surface area contributed by atoms with Gasteiger partial charge in [-0.05, 0) is 85.1 Å². The lowest BCUT2D eigenvalue weighted by molar-refractivity contribution is 0.601. The van der Waals surface area contributed by atoms with Gasteiger partial charge in [0, 0.05) is 11.4 Å². The molecule has 5 nitrogen and oxygen atoms in total. The van der Waals surface area contributed by atoms with Crippen molar-refractivity contribution in [2.45, 2.75) is 38.0 Å². The van der Waals surface area contributed by atoms with Gasteiger partial charge in [-0.1, -0.05) is 44.2 Å². The third-order valence-corrected chi connectivity index (χ3v) is 6.75. The third kappa shape index (κ3) is 6.06. The van der Waals surface area contributed by atoms with Crippen LogP contribution in [0, 0.1) is 6.92 Å². The number of sulfonamides is 1. The Kier molecular flexibility index (Phi) is 7.30. The summed E-state index contributed by atoms with van der Waals surface area (Å²) in [5.41, 5.74) is 4.31. The molecule has 0 bridgehead atoms. The molecule has 0 saturated carbocycles. The van der Waals surface area contributed by atoms with E-state index in [1.54, 1.807) is 36.4 Å². The van der Waals surface area contributed by atoms with Crippen molar-refractivity contribution in [1.82, 2.24) is 0 Å². The van der Waals surface area contributed by atoms with Gasteiger partial charge in [-0.2, -0.15) is 0 Å². The van der Waals surface area contributed by atoms with Crippen molar-refractivity contribution in [1.29, 1.82) is 0 Å². The minimum atomic E-state index is -3.67. The van der Waals surface area contributed by atoms with Gasteiger partial charge in [0.15, 0.2) is 5.11 Å². The quantitative estimate of drug-likeness (QED) is 0.376. The Bertz CT molecular complexity index is 1140. The number of hydrogen-bond donors (Lipinski definition) is 3. The van der Waals surface area contributed by atoms with E-state index in [9.17, 15) is 8.42 Å². The van der Waals surface area contributed by atoms with Crippen LogP contribution in [0.1, 0.15) is 37.3 Å². The average Bonchev–Trinajstić information content (AvgIpc) is 2.75. The highest BCUT2D eigenvalue weighted by atomic mass is 32.2. The molecule has 3 aromatic carbocycles. The summed E-state index contributed by atoms with van der Waals surface area (Å²) in [7, 11) is -3.67. The van der Waals surface area contributed by atoms with Crippen molar-refractivity contribution in [3.05, 3.63) is 83.9 Å². The van der Waals surface area contributed by atoms with Crippen molar-refractivity contribution in [3.63, 3.8) is 0 Å². The van der Waals surface area contributed by atoms with Gasteiger partial charge < -0.3 is 10.6 Å². The maximum Gasteiger partial charge on any atom is 0.261 e. The maximum atomic E-state index is 12.7. The molecule has 3 aromatic rings. The minimum Gasteiger partial charge on any atom is -0.332 e. The standard InChI is InChI=1S/C24H27N3O2S2/c1-4-17(2)19-9-11-20(12-10-19)25-24(30)26-21-13-15-22(16-14-21)31(28,29)27-23-8-6-5-7-18(23)3/h5-17,27H,4H2,1-3H3,(H2,25,26,30). The molecule has 0 heterocycles. The summed E-state index contributed by atoms with van der Waals surface area (Å²) in [5, 5.41) is 6.66. The molecule has 0 aliphatic carbocycles. The van der Waals surface area contributed by atoms with Crippen LogP contribution in [0.15, 0.2) is 77.7 Å². The van der Waals surface area contributed by atoms with Crippen LogP contribution in [0.2, 0.25) is 0 Å². The fourth-order valence-electron chi connectivity index (χ4n) is 3.03. The van der Waals surface area contributed by atoms with Crippen LogP contribution in [0.25, 0.3) is 0 Å². The van der Waals surface area contributed by atoms with Crippen molar-refractivity contribution >= 4 is 44.4 Å². The summed E-state index contributed by atoms with van der Waals surface area (Å²) in [6, 6.07) is 21.9. The monoisotopic (exact) mass is 453 g/mol. The SMILES string of the molecule is CCC(C)c1ccc(NC(=S)Nc2ccc(S(=O)(=O)Nc3ccccc3C)cc2)cc1. The number of thiocarbonyl (C=S) groups is 1. The predicted molar refractivity (Wildman–Crippen MR) is 133 cm³/mol. The fraction of sp³-hybridized carbons (Fsp3) is 0.208. The van der Waals surface area contributed by atoms with Gasteiger partial charge in [0.25, 0.3) is 10.0 Å². The molecule has 31 heavy (non-hydrogen) atoms. The highest BCUT2D eigenvalue weighted by Crippen LogP contribution is 2.22. The number of para-hydroxylation sites is 1. The first-order valence-corrected chi connectivity index (χ1v) is 12.0. The molecule has 0 spiro atoms. The van der Waals surface area contributed by atoms with E-state index in [-0.39, 0.29) is 4.90 Å². The molecule has 0 aromatic heterocycles. The Morgan fingerprint density at radius 2 is 1.45 bits per heavy atom. The molecule has 162 valence electrons. The number of benzene rings is 3. The topological polar surface area (TPSA) is 70.2 Å². The molecule has 1 atom stereocenters. The lowest BCUT2D eigenvalue weighted by Crippen LogP contribution is -2.19. The molecule has 1 unspecified atom stereocenters. The first kappa shape index (κ1) is 22.8. The Labute approximate surface area is 190 Å². The molecular weight excluding hydrogens is 426 g/mol. The molecule has 0 fully saturated rings. The second kappa shape index (κ2) is 9.94. The molecule has 3 rings (SSSR count). The molecule has 0 amide bonds. The van der Waals surface area contributed by atoms with Gasteiger partial charge in [-0.25, -0.2) is 8.42 Å². The number of aryl methyl sites for hydroxylation is 1. The van der Waals surface area contributed by atoms with Crippen LogP contribution in [-0.4, -0.2) is 13.5 Å². The molecule has 7 heteroatoms. The summed E-state index contributed by atoms with van der Waals surface area (Å²) in [6.45, 7) is 6.23. The van der Waals surface area contributed by atoms with E-state index in [2.05, 4.69) is 41.3 Å². The zero-order valence-corrected chi connectivity index (χ0v) is 19.5. The Hall–Kier alpha value is -2.90. The maximum absolute atomic E-state index is 12.7. The number of hydrogen-bond acceptors (Lipinski definition) is 3. The van der Waals surface area contributed by atoms with Crippen molar-refractivity contribution in [2.75, 3.05) is 15.4 Å². The van der Waals surface area contributed by atoms with Gasteiger partial charge >= 0.3 is 0 Å². The Balaban J connectivity index is 1.62. The lowest BCUT2D eigenvalue weighted by Gasteiger charge is -2.14. The summed E-state index contributed by atoms with van der Waals surface area (Å²) < 4.78 is 27.9. The van der Waals surface area contributed by atoms with E-state index in [0.29, 0.717) is 22.4 Å². The largest absolute Gasteiger partial charge is 0.332 e. The molecule has 0 aliphatic rings. The summed E-state index contributed by atoms with van der Waals surface area (Å²) >= 11 is 5.38. The van der Waals surface area contributed by atoms with Crippen LogP contribution in [0.3, 0.4) is 0 Å². The summed E-state index contributed by atoms with van der Waals surface area (Å²) in [5.74, 6) is 0.522. The van der Waals surface area contributed by atoms with Crippen LogP contribution in [0.5, 0.6) is 0 Å².